The lowest BCUT2D eigenvalue weighted by atomic mass is 9.83. The van der Waals surface area contributed by atoms with Gasteiger partial charge >= 0.3 is 30.2 Å². The zero-order chi connectivity index (χ0) is 26.1. The molecule has 2 unspecified atom stereocenters. The smallest absolute Gasteiger partial charge is 0.435 e. The van der Waals surface area contributed by atoms with E-state index in [2.05, 4.69) is 0 Å². The molecule has 0 fully saturated rings. The highest BCUT2D eigenvalue weighted by atomic mass is 32.2. The Labute approximate surface area is 192 Å². The van der Waals surface area contributed by atoms with Crippen LogP contribution >= 0.6 is 11.8 Å². The van der Waals surface area contributed by atoms with Crippen LogP contribution in [0, 0.1) is 0 Å². The molecule has 2 nitrogen and oxygen atoms in total. The molecule has 1 aliphatic rings. The second-order valence-electron chi connectivity index (χ2n) is 7.10. The third kappa shape index (κ3) is 5.38. The normalized spacial score (nSPS) is 19.7. The lowest BCUT2D eigenvalue weighted by molar-refractivity contribution is -0.348. The standard InChI is InChI=1S/C21H18F10O2S/c1-3-33-17(32)15-9-11(18(22,20(26,27)28)21(29,30)31)5-7-13(15)14-8-6-12(19(23,24)25)10-16(14)34-4-2/h5-10,14,16H,3-4H2,1-2H3. The van der Waals surface area contributed by atoms with E-state index in [9.17, 15) is 48.7 Å². The average molecular weight is 524 g/mol. The van der Waals surface area contributed by atoms with Crippen LogP contribution in [0.3, 0.4) is 0 Å². The fraction of sp³-hybridized carbons (Fsp3) is 0.476. The van der Waals surface area contributed by atoms with E-state index >= 15 is 0 Å². The van der Waals surface area contributed by atoms with Gasteiger partial charge < -0.3 is 4.74 Å². The molecule has 190 valence electrons. The number of hydrogen-bond donors (Lipinski definition) is 0. The van der Waals surface area contributed by atoms with Gasteiger partial charge in [-0.25, -0.2) is 9.18 Å². The minimum atomic E-state index is -6.41. The molecule has 0 radical (unpaired) electrons. The van der Waals surface area contributed by atoms with Crippen LogP contribution in [0.5, 0.6) is 0 Å². The van der Waals surface area contributed by atoms with Gasteiger partial charge in [-0.05, 0) is 24.3 Å². The van der Waals surface area contributed by atoms with Gasteiger partial charge in [0.05, 0.1) is 17.7 Å². The van der Waals surface area contributed by atoms with Crippen LogP contribution < -0.4 is 0 Å². The van der Waals surface area contributed by atoms with Crippen LogP contribution in [0.15, 0.2) is 42.0 Å². The number of halogens is 10. The summed E-state index contributed by atoms with van der Waals surface area (Å²) in [7, 11) is 0. The SMILES string of the molecule is CCOC(=O)c1cc(C(F)(C(F)(F)F)C(F)(F)F)ccc1C1C=CC(C(F)(F)F)=CC1SCC. The van der Waals surface area contributed by atoms with Gasteiger partial charge in [0.15, 0.2) is 0 Å². The van der Waals surface area contributed by atoms with E-state index in [0.29, 0.717) is 17.9 Å². The van der Waals surface area contributed by atoms with Gasteiger partial charge in [-0.2, -0.15) is 51.3 Å². The molecular formula is C21H18F10O2S. The first kappa shape index (κ1) is 28.1. The van der Waals surface area contributed by atoms with Crippen LogP contribution in [-0.2, 0) is 10.4 Å². The summed E-state index contributed by atoms with van der Waals surface area (Å²) in [5.74, 6) is -2.08. The van der Waals surface area contributed by atoms with Crippen molar-refractivity contribution in [1.29, 1.82) is 0 Å². The molecular weight excluding hydrogens is 506 g/mol. The average Bonchev–Trinajstić information content (AvgIpc) is 2.71. The zero-order valence-electron chi connectivity index (χ0n) is 17.5. The molecule has 0 aromatic heterocycles. The molecule has 0 bridgehead atoms. The summed E-state index contributed by atoms with van der Waals surface area (Å²) in [5.41, 5.74) is -9.70. The summed E-state index contributed by atoms with van der Waals surface area (Å²) in [4.78, 5) is 12.4. The third-order valence-corrected chi connectivity index (χ3v) is 6.10. The molecule has 0 spiro atoms. The maximum absolute atomic E-state index is 14.6. The lowest BCUT2D eigenvalue weighted by Crippen LogP contribution is -2.50. The van der Waals surface area contributed by atoms with Crippen molar-refractivity contribution in [3.05, 3.63) is 58.7 Å². The summed E-state index contributed by atoms with van der Waals surface area (Å²) in [6.07, 6.45) is -14.9. The quantitative estimate of drug-likeness (QED) is 0.286. The largest absolute Gasteiger partial charge is 0.462 e. The fourth-order valence-electron chi connectivity index (χ4n) is 3.40. The van der Waals surface area contributed by atoms with Crippen molar-refractivity contribution in [2.24, 2.45) is 0 Å². The van der Waals surface area contributed by atoms with Gasteiger partial charge in [0.25, 0.3) is 0 Å². The first-order valence-corrected chi connectivity index (χ1v) is 10.8. The van der Waals surface area contributed by atoms with E-state index in [1.165, 1.54) is 6.92 Å². The molecule has 2 atom stereocenters. The number of carbonyl (C=O) groups is 1. The summed E-state index contributed by atoms with van der Waals surface area (Å²) >= 11 is 1.01. The Bertz CT molecular complexity index is 946. The minimum Gasteiger partial charge on any atom is -0.462 e. The lowest BCUT2D eigenvalue weighted by Gasteiger charge is -2.32. The third-order valence-electron chi connectivity index (χ3n) is 4.95. The van der Waals surface area contributed by atoms with Crippen LogP contribution in [0.2, 0.25) is 0 Å². The monoisotopic (exact) mass is 524 g/mol. The Balaban J connectivity index is 2.72. The Morgan fingerprint density at radius 1 is 0.971 bits per heavy atom. The van der Waals surface area contributed by atoms with Crippen molar-refractivity contribution < 1.29 is 53.4 Å². The number of carbonyl (C=O) groups excluding carboxylic acids is 1. The number of allylic oxidation sites excluding steroid dienone is 3. The fourth-order valence-corrected chi connectivity index (χ4v) is 4.47. The van der Waals surface area contributed by atoms with Crippen molar-refractivity contribution >= 4 is 17.7 Å². The van der Waals surface area contributed by atoms with Gasteiger partial charge in [-0.15, -0.1) is 0 Å². The Morgan fingerprint density at radius 2 is 1.56 bits per heavy atom. The van der Waals surface area contributed by atoms with Gasteiger partial charge in [0.2, 0.25) is 0 Å². The minimum absolute atomic E-state index is 0.0960. The van der Waals surface area contributed by atoms with E-state index in [4.69, 9.17) is 4.74 Å². The van der Waals surface area contributed by atoms with Crippen molar-refractivity contribution in [3.8, 4) is 0 Å². The Morgan fingerprint density at radius 3 is 2.03 bits per heavy atom. The number of alkyl halides is 10. The zero-order valence-corrected chi connectivity index (χ0v) is 18.4. The Hall–Kier alpha value is -2.18. The highest BCUT2D eigenvalue weighted by molar-refractivity contribution is 8.00. The van der Waals surface area contributed by atoms with Crippen LogP contribution in [0.4, 0.5) is 43.9 Å². The number of rotatable bonds is 6. The van der Waals surface area contributed by atoms with Crippen molar-refractivity contribution in [1.82, 2.24) is 0 Å². The van der Waals surface area contributed by atoms with Crippen LogP contribution in [0.25, 0.3) is 0 Å². The highest BCUT2D eigenvalue weighted by Gasteiger charge is 2.73. The van der Waals surface area contributed by atoms with E-state index in [1.807, 2.05) is 0 Å². The van der Waals surface area contributed by atoms with E-state index < -0.39 is 58.0 Å². The van der Waals surface area contributed by atoms with Crippen LogP contribution in [-0.4, -0.2) is 42.1 Å². The first-order chi connectivity index (χ1) is 15.5. The van der Waals surface area contributed by atoms with Gasteiger partial charge in [-0.3, -0.25) is 0 Å². The van der Waals surface area contributed by atoms with E-state index in [1.54, 1.807) is 6.92 Å². The topological polar surface area (TPSA) is 26.3 Å². The highest BCUT2D eigenvalue weighted by Crippen LogP contribution is 2.54. The summed E-state index contributed by atoms with van der Waals surface area (Å²) in [6, 6.07) is 1.00. The van der Waals surface area contributed by atoms with Crippen molar-refractivity contribution in [2.45, 2.75) is 49.2 Å². The Kier molecular flexibility index (Phi) is 8.11. The van der Waals surface area contributed by atoms with Gasteiger partial charge in [0.1, 0.15) is 0 Å². The molecule has 2 rings (SSSR count). The molecule has 0 saturated heterocycles. The predicted octanol–water partition coefficient (Wildman–Crippen LogP) is 7.42. The summed E-state index contributed by atoms with van der Waals surface area (Å²) in [5, 5.41) is -0.967. The second kappa shape index (κ2) is 9.82. The van der Waals surface area contributed by atoms with E-state index in [0.717, 1.165) is 23.9 Å². The maximum Gasteiger partial charge on any atom is 0.435 e. The molecule has 34 heavy (non-hydrogen) atoms. The maximum atomic E-state index is 14.6. The van der Waals surface area contributed by atoms with Gasteiger partial charge in [-0.1, -0.05) is 37.3 Å². The molecule has 0 amide bonds. The molecule has 1 aromatic rings. The second-order valence-corrected chi connectivity index (χ2v) is 8.56. The molecule has 0 N–H and O–H groups in total. The molecule has 0 aliphatic heterocycles. The molecule has 13 heteroatoms. The molecule has 0 saturated carbocycles. The number of ether oxygens (including phenoxy) is 1. The predicted molar refractivity (Wildman–Crippen MR) is 105 cm³/mol. The summed E-state index contributed by atoms with van der Waals surface area (Å²) in [6.45, 7) is 2.63. The first-order valence-electron chi connectivity index (χ1n) is 9.71. The number of thioether (sulfide) groups is 1. The number of esters is 1. The van der Waals surface area contributed by atoms with Crippen molar-refractivity contribution in [3.63, 3.8) is 0 Å². The summed E-state index contributed by atoms with van der Waals surface area (Å²) < 4.78 is 138. The molecule has 0 heterocycles. The number of hydrogen-bond acceptors (Lipinski definition) is 3. The van der Waals surface area contributed by atoms with Crippen LogP contribution in [0.1, 0.15) is 41.3 Å². The molecule has 1 aliphatic carbocycles. The van der Waals surface area contributed by atoms with Crippen molar-refractivity contribution in [2.75, 3.05) is 12.4 Å². The molecule has 1 aromatic carbocycles. The van der Waals surface area contributed by atoms with E-state index in [-0.39, 0.29) is 24.3 Å². The number of benzene rings is 1. The van der Waals surface area contributed by atoms with Gasteiger partial charge in [0, 0.05) is 16.7 Å².